The molecular weight excluding hydrogens is 450 g/mol. The molecule has 0 radical (unpaired) electrons. The minimum Gasteiger partial charge on any atom is -0.507 e. The molecular formula is C27H25NO7. The van der Waals surface area contributed by atoms with Crippen LogP contribution in [0.2, 0.25) is 0 Å². The van der Waals surface area contributed by atoms with E-state index >= 15 is 0 Å². The van der Waals surface area contributed by atoms with Gasteiger partial charge in [-0.2, -0.15) is 0 Å². The predicted octanol–water partition coefficient (Wildman–Crippen LogP) is 4.46. The molecule has 2 aliphatic heterocycles. The van der Waals surface area contributed by atoms with Gasteiger partial charge in [0.15, 0.2) is 11.5 Å². The van der Waals surface area contributed by atoms with Crippen molar-refractivity contribution in [1.82, 2.24) is 4.90 Å². The summed E-state index contributed by atoms with van der Waals surface area (Å²) in [4.78, 5) is 27.8. The molecule has 8 heteroatoms. The number of amides is 1. The van der Waals surface area contributed by atoms with E-state index in [2.05, 4.69) is 0 Å². The molecule has 3 heterocycles. The summed E-state index contributed by atoms with van der Waals surface area (Å²) in [6, 6.07) is 14.8. The third-order valence-corrected chi connectivity index (χ3v) is 5.93. The number of likely N-dealkylation sites (tertiary alicyclic amines) is 1. The van der Waals surface area contributed by atoms with Gasteiger partial charge in [-0.05, 0) is 54.4 Å². The highest BCUT2D eigenvalue weighted by Gasteiger charge is 2.46. The molecule has 35 heavy (non-hydrogen) atoms. The quantitative estimate of drug-likeness (QED) is 0.306. The van der Waals surface area contributed by atoms with Crippen LogP contribution >= 0.6 is 0 Å². The molecule has 8 nitrogen and oxygen atoms in total. The third kappa shape index (κ3) is 4.35. The molecule has 180 valence electrons. The number of rotatable bonds is 7. The lowest BCUT2D eigenvalue weighted by Gasteiger charge is -2.25. The third-order valence-electron chi connectivity index (χ3n) is 5.93. The lowest BCUT2D eigenvalue weighted by atomic mass is 9.95. The molecule has 1 aromatic heterocycles. The number of ketones is 1. The van der Waals surface area contributed by atoms with Crippen LogP contribution in [0.4, 0.5) is 0 Å². The van der Waals surface area contributed by atoms with Gasteiger partial charge in [-0.3, -0.25) is 9.59 Å². The molecule has 1 N–H and O–H groups in total. The molecule has 5 rings (SSSR count). The molecule has 0 saturated carbocycles. The Bertz CT molecular complexity index is 1260. The van der Waals surface area contributed by atoms with Gasteiger partial charge in [-0.15, -0.1) is 0 Å². The number of furan rings is 1. The van der Waals surface area contributed by atoms with Crippen LogP contribution in [-0.2, 0) is 16.1 Å². The van der Waals surface area contributed by atoms with E-state index in [0.29, 0.717) is 54.0 Å². The Hall–Kier alpha value is -4.20. The SMILES string of the molecule is CCCOc1ccc(C2C(=C(O)c3ccc4c(c3)OCCO4)C(=O)C(=O)N2Cc2ccco2)cc1. The van der Waals surface area contributed by atoms with Crippen molar-refractivity contribution in [3.8, 4) is 17.2 Å². The molecule has 1 fully saturated rings. The van der Waals surface area contributed by atoms with Gasteiger partial charge in [0.25, 0.3) is 11.7 Å². The van der Waals surface area contributed by atoms with Crippen molar-refractivity contribution in [2.24, 2.45) is 0 Å². The molecule has 0 bridgehead atoms. The standard InChI is InChI=1S/C27H25NO7/c1-2-11-32-19-8-5-17(6-9-19)24-23(26(30)27(31)28(24)16-20-4-3-12-33-20)25(29)18-7-10-21-22(15-18)35-14-13-34-21/h3-10,12,15,24,29H,2,11,13-14,16H2,1H3. The summed E-state index contributed by atoms with van der Waals surface area (Å²) >= 11 is 0. The van der Waals surface area contributed by atoms with Crippen LogP contribution in [0, 0.1) is 0 Å². The number of ether oxygens (including phenoxy) is 3. The maximum Gasteiger partial charge on any atom is 0.296 e. The van der Waals surface area contributed by atoms with Crippen molar-refractivity contribution >= 4 is 17.4 Å². The van der Waals surface area contributed by atoms with Gasteiger partial charge in [0.05, 0.1) is 31.0 Å². The van der Waals surface area contributed by atoms with Crippen LogP contribution in [-0.4, -0.2) is 41.5 Å². The molecule has 0 aliphatic carbocycles. The van der Waals surface area contributed by atoms with Gasteiger partial charge in [-0.1, -0.05) is 19.1 Å². The van der Waals surface area contributed by atoms with E-state index in [1.807, 2.05) is 6.92 Å². The second-order valence-corrected chi connectivity index (χ2v) is 8.28. The highest BCUT2D eigenvalue weighted by Crippen LogP contribution is 2.42. The Morgan fingerprint density at radius 1 is 1.06 bits per heavy atom. The van der Waals surface area contributed by atoms with Crippen LogP contribution in [0.3, 0.4) is 0 Å². The number of hydrogen-bond acceptors (Lipinski definition) is 7. The summed E-state index contributed by atoms with van der Waals surface area (Å²) in [6.45, 7) is 3.51. The van der Waals surface area contributed by atoms with Crippen LogP contribution in [0.5, 0.6) is 17.2 Å². The number of carbonyl (C=O) groups is 2. The fourth-order valence-corrected chi connectivity index (χ4v) is 4.27. The second-order valence-electron chi connectivity index (χ2n) is 8.28. The van der Waals surface area contributed by atoms with Crippen LogP contribution in [0.1, 0.15) is 36.3 Å². The van der Waals surface area contributed by atoms with Gasteiger partial charge in [0.2, 0.25) is 0 Å². The van der Waals surface area contributed by atoms with Gasteiger partial charge >= 0.3 is 0 Å². The maximum atomic E-state index is 13.2. The molecule has 2 aliphatic rings. The van der Waals surface area contributed by atoms with Crippen LogP contribution < -0.4 is 14.2 Å². The summed E-state index contributed by atoms with van der Waals surface area (Å²) < 4.78 is 22.3. The zero-order valence-electron chi connectivity index (χ0n) is 19.2. The Labute approximate surface area is 202 Å². The van der Waals surface area contributed by atoms with Gasteiger partial charge in [0.1, 0.15) is 30.5 Å². The normalized spacial score (nSPS) is 18.7. The van der Waals surface area contributed by atoms with Gasteiger partial charge in [0, 0.05) is 5.56 Å². The fraction of sp³-hybridized carbons (Fsp3) is 0.259. The predicted molar refractivity (Wildman–Crippen MR) is 126 cm³/mol. The van der Waals surface area contributed by atoms with Crippen molar-refractivity contribution in [3.63, 3.8) is 0 Å². The summed E-state index contributed by atoms with van der Waals surface area (Å²) in [5.41, 5.74) is 1.03. The lowest BCUT2D eigenvalue weighted by molar-refractivity contribution is -0.140. The first-order valence-electron chi connectivity index (χ1n) is 11.5. The number of aliphatic hydroxyl groups is 1. The summed E-state index contributed by atoms with van der Waals surface area (Å²) in [5.74, 6) is 0.490. The average molecular weight is 475 g/mol. The van der Waals surface area contributed by atoms with Crippen molar-refractivity contribution in [3.05, 3.63) is 83.3 Å². The van der Waals surface area contributed by atoms with Crippen LogP contribution in [0.25, 0.3) is 5.76 Å². The monoisotopic (exact) mass is 475 g/mol. The second kappa shape index (κ2) is 9.58. The van der Waals surface area contributed by atoms with E-state index in [4.69, 9.17) is 18.6 Å². The fourth-order valence-electron chi connectivity index (χ4n) is 4.27. The van der Waals surface area contributed by atoms with E-state index < -0.39 is 17.7 Å². The zero-order chi connectivity index (χ0) is 24.4. The van der Waals surface area contributed by atoms with Crippen molar-refractivity contribution in [1.29, 1.82) is 0 Å². The Morgan fingerprint density at radius 2 is 1.83 bits per heavy atom. The van der Waals surface area contributed by atoms with E-state index in [9.17, 15) is 14.7 Å². The van der Waals surface area contributed by atoms with Gasteiger partial charge < -0.3 is 28.6 Å². The minimum atomic E-state index is -0.812. The van der Waals surface area contributed by atoms with Crippen LogP contribution in [0.15, 0.2) is 70.9 Å². The number of nitrogens with zero attached hydrogens (tertiary/aromatic N) is 1. The Morgan fingerprint density at radius 3 is 2.54 bits per heavy atom. The van der Waals surface area contributed by atoms with E-state index in [-0.39, 0.29) is 17.9 Å². The number of carbonyl (C=O) groups excluding carboxylic acids is 2. The maximum absolute atomic E-state index is 13.2. The van der Waals surface area contributed by atoms with E-state index in [1.54, 1.807) is 54.6 Å². The summed E-state index contributed by atoms with van der Waals surface area (Å²) in [7, 11) is 0. The first-order valence-corrected chi connectivity index (χ1v) is 11.5. The first-order chi connectivity index (χ1) is 17.1. The van der Waals surface area contributed by atoms with Crippen molar-refractivity contribution in [2.75, 3.05) is 19.8 Å². The van der Waals surface area contributed by atoms with Gasteiger partial charge in [-0.25, -0.2) is 0 Å². The molecule has 1 unspecified atom stereocenters. The Kier molecular flexibility index (Phi) is 6.18. The zero-order valence-corrected chi connectivity index (χ0v) is 19.2. The molecule has 2 aromatic carbocycles. The summed E-state index contributed by atoms with van der Waals surface area (Å²) in [6.07, 6.45) is 2.39. The average Bonchev–Trinajstić information content (AvgIpc) is 3.49. The van der Waals surface area contributed by atoms with Crippen molar-refractivity contribution in [2.45, 2.75) is 25.9 Å². The molecule has 3 aromatic rings. The minimum absolute atomic E-state index is 0.000426. The highest BCUT2D eigenvalue weighted by molar-refractivity contribution is 6.46. The number of Topliss-reactive ketones (excluding diaryl/α,β-unsaturated/α-hetero) is 1. The molecule has 1 atom stereocenters. The number of hydrogen-bond donors (Lipinski definition) is 1. The topological polar surface area (TPSA) is 98.4 Å². The van der Waals surface area contributed by atoms with E-state index in [1.165, 1.54) is 11.2 Å². The lowest BCUT2D eigenvalue weighted by Crippen LogP contribution is -2.29. The highest BCUT2D eigenvalue weighted by atomic mass is 16.6. The Balaban J connectivity index is 1.58. The summed E-state index contributed by atoms with van der Waals surface area (Å²) in [5, 5.41) is 11.3. The molecule has 1 amide bonds. The number of benzene rings is 2. The number of fused-ring (bicyclic) bond motifs is 1. The van der Waals surface area contributed by atoms with E-state index in [0.717, 1.165) is 6.42 Å². The first kappa shape index (κ1) is 22.6. The molecule has 0 spiro atoms. The molecule has 1 saturated heterocycles. The number of aliphatic hydroxyl groups excluding tert-OH is 1. The van der Waals surface area contributed by atoms with Crippen molar-refractivity contribution < 1.29 is 33.3 Å². The largest absolute Gasteiger partial charge is 0.507 e. The smallest absolute Gasteiger partial charge is 0.296 e.